The van der Waals surface area contributed by atoms with Gasteiger partial charge in [0.25, 0.3) is 0 Å². The highest BCUT2D eigenvalue weighted by atomic mass is 16.4. The van der Waals surface area contributed by atoms with Gasteiger partial charge in [-0.15, -0.1) is 0 Å². The van der Waals surface area contributed by atoms with Gasteiger partial charge in [-0.3, -0.25) is 24.2 Å². The number of para-hydroxylation sites is 1. The van der Waals surface area contributed by atoms with E-state index in [1.54, 1.807) is 12.3 Å². The molecular formula is C26H39N9O7. The van der Waals surface area contributed by atoms with E-state index in [-0.39, 0.29) is 44.6 Å². The van der Waals surface area contributed by atoms with Gasteiger partial charge in [-0.05, 0) is 37.8 Å². The van der Waals surface area contributed by atoms with Crippen molar-refractivity contribution in [2.75, 3.05) is 6.54 Å². The summed E-state index contributed by atoms with van der Waals surface area (Å²) < 4.78 is 0. The van der Waals surface area contributed by atoms with Crippen LogP contribution in [0.3, 0.4) is 0 Å². The van der Waals surface area contributed by atoms with Crippen LogP contribution >= 0.6 is 0 Å². The van der Waals surface area contributed by atoms with E-state index >= 15 is 0 Å². The number of primary amides is 1. The molecule has 1 heterocycles. The number of aliphatic hydroxyl groups is 1. The number of guanidine groups is 1. The van der Waals surface area contributed by atoms with E-state index in [2.05, 4.69) is 25.9 Å². The fourth-order valence-corrected chi connectivity index (χ4v) is 4.12. The summed E-state index contributed by atoms with van der Waals surface area (Å²) in [4.78, 5) is 69.1. The lowest BCUT2D eigenvalue weighted by atomic mass is 10.0. The van der Waals surface area contributed by atoms with Crippen molar-refractivity contribution in [3.8, 4) is 0 Å². The SMILES string of the molecule is CC(O)C(NC(=O)C(Cc1c[nH]c2ccccc12)NC(=O)C(CCCN=C(N)N)NC(=O)C(N)CCC(N)=O)C(=O)O. The second kappa shape index (κ2) is 15.9. The molecule has 1 aromatic heterocycles. The maximum atomic E-state index is 13.5. The lowest BCUT2D eigenvalue weighted by Gasteiger charge is -2.26. The third-order valence-electron chi connectivity index (χ3n) is 6.39. The summed E-state index contributed by atoms with van der Waals surface area (Å²) in [5.41, 5.74) is 23.1. The molecule has 0 spiro atoms. The summed E-state index contributed by atoms with van der Waals surface area (Å²) >= 11 is 0. The number of aliphatic hydroxyl groups excluding tert-OH is 1. The molecule has 0 radical (unpaired) electrons. The Morgan fingerprint density at radius 3 is 2.21 bits per heavy atom. The summed E-state index contributed by atoms with van der Waals surface area (Å²) in [5.74, 6) is -4.63. The van der Waals surface area contributed by atoms with Crippen LogP contribution in [0.15, 0.2) is 35.5 Å². The largest absolute Gasteiger partial charge is 0.480 e. The second-order valence-electron chi connectivity index (χ2n) is 9.81. The van der Waals surface area contributed by atoms with E-state index in [1.165, 1.54) is 6.92 Å². The molecule has 2 aromatic rings. The van der Waals surface area contributed by atoms with E-state index in [4.69, 9.17) is 22.9 Å². The molecule has 0 aliphatic rings. The van der Waals surface area contributed by atoms with Crippen molar-refractivity contribution in [2.24, 2.45) is 27.9 Å². The molecule has 42 heavy (non-hydrogen) atoms. The van der Waals surface area contributed by atoms with Crippen LogP contribution in [0.4, 0.5) is 0 Å². The molecule has 0 aliphatic heterocycles. The molecule has 0 fully saturated rings. The number of carboxylic acids is 1. The Labute approximate surface area is 241 Å². The number of aliphatic imine (C=N–C) groups is 1. The summed E-state index contributed by atoms with van der Waals surface area (Å²) in [5, 5.41) is 27.5. The number of benzene rings is 1. The number of nitrogens with one attached hydrogen (secondary N) is 4. The number of amides is 4. The minimum Gasteiger partial charge on any atom is -0.480 e. The summed E-state index contributed by atoms with van der Waals surface area (Å²) in [7, 11) is 0. The van der Waals surface area contributed by atoms with E-state index in [0.29, 0.717) is 5.56 Å². The van der Waals surface area contributed by atoms with Crippen LogP contribution in [0.2, 0.25) is 0 Å². The Morgan fingerprint density at radius 1 is 0.952 bits per heavy atom. The van der Waals surface area contributed by atoms with Gasteiger partial charge < -0.3 is 54.1 Å². The van der Waals surface area contributed by atoms with Crippen LogP contribution in [-0.4, -0.2) is 87.6 Å². The van der Waals surface area contributed by atoms with Crippen molar-refractivity contribution < 1.29 is 34.2 Å². The van der Waals surface area contributed by atoms with Gasteiger partial charge in [0.2, 0.25) is 23.6 Å². The number of nitrogens with zero attached hydrogens (tertiary/aromatic N) is 1. The van der Waals surface area contributed by atoms with Gasteiger partial charge in [-0.25, -0.2) is 4.79 Å². The molecule has 5 unspecified atom stereocenters. The number of nitrogens with two attached hydrogens (primary N) is 4. The van der Waals surface area contributed by atoms with Gasteiger partial charge in [0, 0.05) is 36.5 Å². The van der Waals surface area contributed by atoms with Crippen LogP contribution < -0.4 is 38.9 Å². The van der Waals surface area contributed by atoms with E-state index in [0.717, 1.165) is 10.9 Å². The molecule has 0 saturated heterocycles. The molecule has 14 N–H and O–H groups in total. The van der Waals surface area contributed by atoms with Crippen LogP contribution in [0, 0.1) is 0 Å². The number of carbonyl (C=O) groups excluding carboxylic acids is 4. The predicted octanol–water partition coefficient (Wildman–Crippen LogP) is -2.72. The Bertz CT molecular complexity index is 1290. The van der Waals surface area contributed by atoms with Gasteiger partial charge in [-0.1, -0.05) is 18.2 Å². The highest BCUT2D eigenvalue weighted by molar-refractivity contribution is 5.95. The standard InChI is InChI=1S/C26H39N9O7/c1-13(36)21(25(41)42)35-24(40)19(11-14-12-32-17-6-3-2-5-15(14)17)34-23(39)18(7-4-10-31-26(29)30)33-22(38)16(27)8-9-20(28)37/h2-3,5-6,12-13,16,18-19,21,32,36H,4,7-11,27H2,1H3,(H2,28,37)(H,33,38)(H,34,39)(H,35,40)(H,41,42)(H4,29,30,31). The fraction of sp³-hybridized carbons (Fsp3) is 0.462. The average molecular weight is 590 g/mol. The number of aromatic nitrogens is 1. The molecule has 16 nitrogen and oxygen atoms in total. The molecule has 2 rings (SSSR count). The summed E-state index contributed by atoms with van der Waals surface area (Å²) in [6.45, 7) is 1.35. The maximum Gasteiger partial charge on any atom is 0.328 e. The van der Waals surface area contributed by atoms with Crippen molar-refractivity contribution in [3.63, 3.8) is 0 Å². The molecule has 0 aliphatic carbocycles. The van der Waals surface area contributed by atoms with Crippen LogP contribution in [0.5, 0.6) is 0 Å². The Hall–Kier alpha value is -4.70. The van der Waals surface area contributed by atoms with E-state index < -0.39 is 59.9 Å². The number of aliphatic carboxylic acids is 1. The monoisotopic (exact) mass is 589 g/mol. The minimum atomic E-state index is -1.64. The topological polar surface area (TPSA) is 294 Å². The molecular weight excluding hydrogens is 550 g/mol. The average Bonchev–Trinajstić information content (AvgIpc) is 3.33. The first-order chi connectivity index (χ1) is 19.8. The van der Waals surface area contributed by atoms with Crippen LogP contribution in [-0.2, 0) is 30.4 Å². The van der Waals surface area contributed by atoms with Gasteiger partial charge in [0.15, 0.2) is 12.0 Å². The molecule has 230 valence electrons. The molecule has 0 saturated carbocycles. The van der Waals surface area contributed by atoms with Crippen LogP contribution in [0.1, 0.15) is 38.2 Å². The number of carboxylic acid groups (broad SMARTS) is 1. The third-order valence-corrected chi connectivity index (χ3v) is 6.39. The molecule has 5 atom stereocenters. The van der Waals surface area contributed by atoms with Crippen molar-refractivity contribution in [3.05, 3.63) is 36.0 Å². The van der Waals surface area contributed by atoms with E-state index in [9.17, 15) is 34.2 Å². The second-order valence-corrected chi connectivity index (χ2v) is 9.81. The Balaban J connectivity index is 2.32. The van der Waals surface area contributed by atoms with Gasteiger partial charge in [0.1, 0.15) is 12.1 Å². The number of H-pyrrole nitrogens is 1. The molecule has 1 aromatic carbocycles. The van der Waals surface area contributed by atoms with Crippen LogP contribution in [0.25, 0.3) is 10.9 Å². The number of hydrogen-bond donors (Lipinski definition) is 10. The number of fused-ring (bicyclic) bond motifs is 1. The third kappa shape index (κ3) is 10.4. The molecule has 4 amide bonds. The van der Waals surface area contributed by atoms with Crippen molar-refractivity contribution in [1.29, 1.82) is 0 Å². The number of aromatic amines is 1. The van der Waals surface area contributed by atoms with E-state index in [1.807, 2.05) is 18.2 Å². The Kier molecular flexibility index (Phi) is 12.7. The zero-order chi connectivity index (χ0) is 31.4. The van der Waals surface area contributed by atoms with Crippen molar-refractivity contribution in [2.45, 2.75) is 69.3 Å². The number of hydrogen-bond acceptors (Lipinski definition) is 8. The highest BCUT2D eigenvalue weighted by Gasteiger charge is 2.32. The number of rotatable bonds is 17. The lowest BCUT2D eigenvalue weighted by molar-refractivity contribution is -0.145. The first-order valence-corrected chi connectivity index (χ1v) is 13.3. The zero-order valence-corrected chi connectivity index (χ0v) is 23.2. The predicted molar refractivity (Wildman–Crippen MR) is 153 cm³/mol. The first kappa shape index (κ1) is 33.5. The van der Waals surface area contributed by atoms with Gasteiger partial charge >= 0.3 is 5.97 Å². The van der Waals surface area contributed by atoms with Gasteiger partial charge in [-0.2, -0.15) is 0 Å². The minimum absolute atomic E-state index is 0.0454. The smallest absolute Gasteiger partial charge is 0.328 e. The zero-order valence-electron chi connectivity index (χ0n) is 23.2. The van der Waals surface area contributed by atoms with Gasteiger partial charge in [0.05, 0.1) is 12.1 Å². The fourth-order valence-electron chi connectivity index (χ4n) is 4.12. The number of carbonyl (C=O) groups is 5. The van der Waals surface area contributed by atoms with Crippen molar-refractivity contribution >= 4 is 46.5 Å². The molecule has 16 heteroatoms. The lowest BCUT2D eigenvalue weighted by Crippen LogP contribution is -2.58. The first-order valence-electron chi connectivity index (χ1n) is 13.3. The maximum absolute atomic E-state index is 13.5. The van der Waals surface area contributed by atoms with Crippen molar-refractivity contribution in [1.82, 2.24) is 20.9 Å². The molecule has 0 bridgehead atoms. The summed E-state index contributed by atoms with van der Waals surface area (Å²) in [6, 6.07) is 1.97. The summed E-state index contributed by atoms with van der Waals surface area (Å²) in [6.07, 6.45) is 0.286. The Morgan fingerprint density at radius 2 is 1.60 bits per heavy atom. The normalized spacial score (nSPS) is 14.5. The highest BCUT2D eigenvalue weighted by Crippen LogP contribution is 2.19. The quantitative estimate of drug-likeness (QED) is 0.0516.